The smallest absolute Gasteiger partial charge is 0.269 e. The topological polar surface area (TPSA) is 69.2 Å². The van der Waals surface area contributed by atoms with Gasteiger partial charge >= 0.3 is 0 Å². The van der Waals surface area contributed by atoms with E-state index in [1.165, 1.54) is 12.1 Å². The highest BCUT2D eigenvalue weighted by Gasteiger charge is 2.10. The lowest BCUT2D eigenvalue weighted by molar-refractivity contribution is -0.384. The number of thiocarbonyl (C=S) groups is 1. The number of rotatable bonds is 3. The number of hydrogen-bond donors (Lipinski definition) is 1. The summed E-state index contributed by atoms with van der Waals surface area (Å²) in [6.45, 7) is 1.86. The van der Waals surface area contributed by atoms with Gasteiger partial charge in [-0.2, -0.15) is 0 Å². The molecule has 0 saturated heterocycles. The normalized spacial score (nSPS) is 12.1. The summed E-state index contributed by atoms with van der Waals surface area (Å²) >= 11 is 4.83. The summed E-state index contributed by atoms with van der Waals surface area (Å²) in [5.74, 6) is -0.0502. The van der Waals surface area contributed by atoms with E-state index in [1.54, 1.807) is 12.1 Å². The van der Waals surface area contributed by atoms with Crippen molar-refractivity contribution < 1.29 is 4.92 Å². The van der Waals surface area contributed by atoms with E-state index in [9.17, 15) is 10.1 Å². The average Bonchev–Trinajstić information content (AvgIpc) is 2.16. The zero-order chi connectivity index (χ0) is 10.7. The predicted octanol–water partition coefficient (Wildman–Crippen LogP) is 1.98. The van der Waals surface area contributed by atoms with Crippen LogP contribution in [0.2, 0.25) is 0 Å². The van der Waals surface area contributed by atoms with Crippen LogP contribution in [0.3, 0.4) is 0 Å². The molecule has 4 nitrogen and oxygen atoms in total. The second kappa shape index (κ2) is 4.15. The van der Waals surface area contributed by atoms with Crippen LogP contribution >= 0.6 is 12.2 Å². The maximum atomic E-state index is 10.4. The van der Waals surface area contributed by atoms with Gasteiger partial charge in [0.05, 0.1) is 9.91 Å². The summed E-state index contributed by atoms with van der Waals surface area (Å²) < 4.78 is 0. The van der Waals surface area contributed by atoms with E-state index >= 15 is 0 Å². The van der Waals surface area contributed by atoms with Gasteiger partial charge in [-0.15, -0.1) is 0 Å². The van der Waals surface area contributed by atoms with E-state index in [0.717, 1.165) is 5.56 Å². The van der Waals surface area contributed by atoms with Gasteiger partial charge in [-0.25, -0.2) is 0 Å². The van der Waals surface area contributed by atoms with E-state index in [0.29, 0.717) is 4.99 Å². The summed E-state index contributed by atoms with van der Waals surface area (Å²) in [5.41, 5.74) is 6.43. The predicted molar refractivity (Wildman–Crippen MR) is 58.3 cm³/mol. The fourth-order valence-electron chi connectivity index (χ4n) is 1.05. The quantitative estimate of drug-likeness (QED) is 0.470. The second-order valence-corrected chi connectivity index (χ2v) is 3.44. The van der Waals surface area contributed by atoms with Gasteiger partial charge in [0.15, 0.2) is 0 Å². The number of non-ortho nitro benzene ring substituents is 1. The molecular formula is C9H10N2O2S. The average molecular weight is 210 g/mol. The van der Waals surface area contributed by atoms with Crippen molar-refractivity contribution in [3.05, 3.63) is 39.9 Å². The number of nitrogens with zero attached hydrogens (tertiary/aromatic N) is 1. The first-order valence-corrected chi connectivity index (χ1v) is 4.47. The van der Waals surface area contributed by atoms with Crippen molar-refractivity contribution in [3.63, 3.8) is 0 Å². The minimum Gasteiger partial charge on any atom is -0.393 e. The standard InChI is InChI=1S/C9H10N2O2S/c1-6(9(10)14)7-2-4-8(5-3-7)11(12)13/h2-6H,1H3,(H2,10,14). The molecule has 74 valence electrons. The molecule has 1 unspecified atom stereocenters. The van der Waals surface area contributed by atoms with Gasteiger partial charge in [-0.3, -0.25) is 10.1 Å². The second-order valence-electron chi connectivity index (χ2n) is 2.97. The molecule has 0 fully saturated rings. The van der Waals surface area contributed by atoms with Crippen molar-refractivity contribution in [3.8, 4) is 0 Å². The first kappa shape index (κ1) is 10.6. The minimum atomic E-state index is -0.435. The molecule has 0 saturated carbocycles. The number of nitro groups is 1. The Morgan fingerprint density at radius 1 is 1.50 bits per heavy atom. The maximum Gasteiger partial charge on any atom is 0.269 e. The van der Waals surface area contributed by atoms with Gasteiger partial charge in [0.25, 0.3) is 5.69 Å². The first-order valence-electron chi connectivity index (χ1n) is 4.06. The molecule has 1 atom stereocenters. The molecule has 1 rings (SSSR count). The molecule has 5 heteroatoms. The van der Waals surface area contributed by atoms with Crippen LogP contribution in [0.25, 0.3) is 0 Å². The van der Waals surface area contributed by atoms with E-state index in [2.05, 4.69) is 0 Å². The molecule has 0 aliphatic rings. The Balaban J connectivity index is 2.94. The highest BCUT2D eigenvalue weighted by Crippen LogP contribution is 2.19. The molecule has 0 bridgehead atoms. The lowest BCUT2D eigenvalue weighted by Crippen LogP contribution is -2.16. The van der Waals surface area contributed by atoms with Crippen LogP contribution in [-0.4, -0.2) is 9.91 Å². The van der Waals surface area contributed by atoms with Crippen molar-refractivity contribution in [1.82, 2.24) is 0 Å². The number of nitro benzene ring substituents is 1. The third-order valence-corrected chi connectivity index (χ3v) is 2.38. The van der Waals surface area contributed by atoms with Crippen LogP contribution in [0, 0.1) is 10.1 Å². The maximum absolute atomic E-state index is 10.4. The molecule has 1 aromatic rings. The fourth-order valence-corrected chi connectivity index (χ4v) is 1.19. The van der Waals surface area contributed by atoms with E-state index < -0.39 is 4.92 Å². The molecule has 2 N–H and O–H groups in total. The molecule has 0 amide bonds. The Hall–Kier alpha value is -1.49. The van der Waals surface area contributed by atoms with Crippen molar-refractivity contribution in [1.29, 1.82) is 0 Å². The Morgan fingerprint density at radius 3 is 2.36 bits per heavy atom. The Labute approximate surface area is 86.9 Å². The van der Waals surface area contributed by atoms with Gasteiger partial charge in [-0.1, -0.05) is 31.3 Å². The van der Waals surface area contributed by atoms with Gasteiger partial charge in [-0.05, 0) is 5.56 Å². The third kappa shape index (κ3) is 2.26. The lowest BCUT2D eigenvalue weighted by atomic mass is 10.0. The molecule has 0 aliphatic carbocycles. The van der Waals surface area contributed by atoms with Crippen molar-refractivity contribution >= 4 is 22.9 Å². The van der Waals surface area contributed by atoms with E-state index in [-0.39, 0.29) is 11.6 Å². The summed E-state index contributed by atoms with van der Waals surface area (Å²) in [7, 11) is 0. The highest BCUT2D eigenvalue weighted by atomic mass is 32.1. The highest BCUT2D eigenvalue weighted by molar-refractivity contribution is 7.80. The van der Waals surface area contributed by atoms with E-state index in [1.807, 2.05) is 6.92 Å². The molecule has 0 heterocycles. The first-order chi connectivity index (χ1) is 6.52. The van der Waals surface area contributed by atoms with Gasteiger partial charge in [0.2, 0.25) is 0 Å². The van der Waals surface area contributed by atoms with Gasteiger partial charge in [0.1, 0.15) is 0 Å². The summed E-state index contributed by atoms with van der Waals surface area (Å²) in [4.78, 5) is 10.3. The summed E-state index contributed by atoms with van der Waals surface area (Å²) in [6, 6.07) is 6.23. The van der Waals surface area contributed by atoms with Crippen LogP contribution in [0.15, 0.2) is 24.3 Å². The van der Waals surface area contributed by atoms with Gasteiger partial charge in [0, 0.05) is 18.1 Å². The van der Waals surface area contributed by atoms with Crippen molar-refractivity contribution in [2.75, 3.05) is 0 Å². The van der Waals surface area contributed by atoms with Crippen LogP contribution in [0.1, 0.15) is 18.4 Å². The van der Waals surface area contributed by atoms with Crippen LogP contribution in [0.5, 0.6) is 0 Å². The number of benzene rings is 1. The zero-order valence-electron chi connectivity index (χ0n) is 7.64. The third-order valence-electron chi connectivity index (χ3n) is 2.03. The monoisotopic (exact) mass is 210 g/mol. The number of nitrogens with two attached hydrogens (primary N) is 1. The molecule has 0 radical (unpaired) electrons. The van der Waals surface area contributed by atoms with Crippen LogP contribution in [0.4, 0.5) is 5.69 Å². The summed E-state index contributed by atoms with van der Waals surface area (Å²) in [5, 5.41) is 10.4. The molecule has 0 aliphatic heterocycles. The molecule has 0 aromatic heterocycles. The SMILES string of the molecule is CC(C(N)=S)c1ccc([N+](=O)[O-])cc1. The van der Waals surface area contributed by atoms with Gasteiger partial charge < -0.3 is 5.73 Å². The van der Waals surface area contributed by atoms with Crippen LogP contribution in [-0.2, 0) is 0 Å². The molecule has 1 aromatic carbocycles. The van der Waals surface area contributed by atoms with E-state index in [4.69, 9.17) is 18.0 Å². The Morgan fingerprint density at radius 2 is 2.00 bits per heavy atom. The number of hydrogen-bond acceptors (Lipinski definition) is 3. The van der Waals surface area contributed by atoms with Crippen molar-refractivity contribution in [2.24, 2.45) is 5.73 Å². The largest absolute Gasteiger partial charge is 0.393 e. The van der Waals surface area contributed by atoms with Crippen LogP contribution < -0.4 is 5.73 Å². The Kier molecular flexibility index (Phi) is 3.14. The lowest BCUT2D eigenvalue weighted by Gasteiger charge is -2.08. The molecular weight excluding hydrogens is 200 g/mol. The Bertz CT molecular complexity index is 362. The molecule has 14 heavy (non-hydrogen) atoms. The minimum absolute atomic E-state index is 0.0502. The zero-order valence-corrected chi connectivity index (χ0v) is 8.45. The summed E-state index contributed by atoms with van der Waals surface area (Å²) in [6.07, 6.45) is 0. The van der Waals surface area contributed by atoms with Crippen molar-refractivity contribution in [2.45, 2.75) is 12.8 Å². The molecule has 0 spiro atoms. The fraction of sp³-hybridized carbons (Fsp3) is 0.222.